The smallest absolute Gasteiger partial charge is 0.329 e. The third kappa shape index (κ3) is 4.97. The summed E-state index contributed by atoms with van der Waals surface area (Å²) in [6.07, 6.45) is 0. The summed E-state index contributed by atoms with van der Waals surface area (Å²) in [4.78, 5) is 37.5. The molecule has 0 atom stereocenters. The zero-order chi connectivity index (χ0) is 17.5. The molecule has 0 unspecified atom stereocenters. The van der Waals surface area contributed by atoms with E-state index in [9.17, 15) is 14.4 Å². The van der Waals surface area contributed by atoms with Crippen LogP contribution in [0.15, 0.2) is 39.9 Å². The van der Waals surface area contributed by atoms with Crippen LogP contribution in [0.2, 0.25) is 5.02 Å². The first kappa shape index (κ1) is 17.8. The number of aromatic amines is 1. The van der Waals surface area contributed by atoms with E-state index < -0.39 is 17.2 Å². The molecule has 1 heterocycles. The third-order valence-corrected chi connectivity index (χ3v) is 3.37. The van der Waals surface area contributed by atoms with Crippen LogP contribution in [-0.4, -0.2) is 35.7 Å². The number of carbonyl (C=O) groups excluding carboxylic acids is 1. The molecule has 2 aromatic rings. The van der Waals surface area contributed by atoms with Gasteiger partial charge < -0.3 is 15.4 Å². The summed E-state index contributed by atoms with van der Waals surface area (Å²) < 4.78 is 6.15. The summed E-state index contributed by atoms with van der Waals surface area (Å²) in [6, 6.07) is 8.01. The van der Waals surface area contributed by atoms with E-state index in [1.54, 1.807) is 24.3 Å². The van der Waals surface area contributed by atoms with Crippen molar-refractivity contribution in [1.82, 2.24) is 9.55 Å². The van der Waals surface area contributed by atoms with E-state index in [2.05, 4.69) is 15.6 Å². The molecule has 1 aromatic heterocycles. The monoisotopic (exact) mass is 352 g/mol. The number of halogens is 1. The average Bonchev–Trinajstić information content (AvgIpc) is 2.53. The minimum Gasteiger partial charge on any atom is -0.383 e. The van der Waals surface area contributed by atoms with Gasteiger partial charge in [-0.15, -0.1) is 0 Å². The molecule has 0 saturated heterocycles. The molecule has 0 aliphatic rings. The Bertz CT molecular complexity index is 813. The van der Waals surface area contributed by atoms with Crippen LogP contribution >= 0.6 is 11.6 Å². The van der Waals surface area contributed by atoms with Crippen molar-refractivity contribution in [2.24, 2.45) is 0 Å². The number of aromatic nitrogens is 2. The fraction of sp³-hybridized carbons (Fsp3) is 0.267. The fourth-order valence-electron chi connectivity index (χ4n) is 1.97. The van der Waals surface area contributed by atoms with E-state index in [-0.39, 0.29) is 25.5 Å². The summed E-state index contributed by atoms with van der Waals surface area (Å²) in [5.41, 5.74) is -0.479. The van der Waals surface area contributed by atoms with Gasteiger partial charge in [-0.3, -0.25) is 19.1 Å². The minimum atomic E-state index is -0.611. The Labute approximate surface area is 142 Å². The SMILES string of the molecule is COCCn1c(NC(=O)CNc2ccc(Cl)cc2)cc(=O)[nH]c1=O. The molecule has 8 nitrogen and oxygen atoms in total. The quantitative estimate of drug-likeness (QED) is 0.686. The number of rotatable bonds is 7. The Kier molecular flexibility index (Phi) is 6.16. The van der Waals surface area contributed by atoms with Crippen LogP contribution in [-0.2, 0) is 16.1 Å². The second kappa shape index (κ2) is 8.32. The molecule has 0 spiro atoms. The van der Waals surface area contributed by atoms with Crippen molar-refractivity contribution in [3.63, 3.8) is 0 Å². The number of benzene rings is 1. The summed E-state index contributed by atoms with van der Waals surface area (Å²) in [6.45, 7) is 0.428. The predicted octanol–water partition coefficient (Wildman–Crippen LogP) is 0.887. The molecule has 3 N–H and O–H groups in total. The largest absolute Gasteiger partial charge is 0.383 e. The standard InChI is InChI=1S/C15H17ClN4O4/c1-24-7-6-20-12(8-13(21)19-15(20)23)18-14(22)9-17-11-4-2-10(16)3-5-11/h2-5,8,17H,6-7,9H2,1H3,(H,18,22)(H,19,21,23). The number of ether oxygens (including phenoxy) is 1. The second-order valence-corrected chi connectivity index (χ2v) is 5.31. The zero-order valence-electron chi connectivity index (χ0n) is 13.0. The molecule has 0 radical (unpaired) electrons. The number of nitrogens with zero attached hydrogens (tertiary/aromatic N) is 1. The maximum atomic E-state index is 12.0. The lowest BCUT2D eigenvalue weighted by Crippen LogP contribution is -2.34. The van der Waals surface area contributed by atoms with Gasteiger partial charge in [-0.1, -0.05) is 11.6 Å². The molecule has 0 saturated carbocycles. The molecule has 9 heteroatoms. The molecule has 0 fully saturated rings. The maximum Gasteiger partial charge on any atom is 0.329 e. The molecule has 128 valence electrons. The van der Waals surface area contributed by atoms with Gasteiger partial charge in [0.25, 0.3) is 5.56 Å². The molecular weight excluding hydrogens is 336 g/mol. The van der Waals surface area contributed by atoms with Gasteiger partial charge in [-0.2, -0.15) is 0 Å². The van der Waals surface area contributed by atoms with E-state index in [1.807, 2.05) is 0 Å². The summed E-state index contributed by atoms with van der Waals surface area (Å²) in [5.74, 6) is -0.287. The Balaban J connectivity index is 2.06. The van der Waals surface area contributed by atoms with Gasteiger partial charge in [-0.05, 0) is 24.3 Å². The molecule has 0 aliphatic carbocycles. The fourth-order valence-corrected chi connectivity index (χ4v) is 2.09. The van der Waals surface area contributed by atoms with Gasteiger partial charge in [0.05, 0.1) is 19.7 Å². The Morgan fingerprint density at radius 2 is 2.00 bits per heavy atom. The molecule has 0 aliphatic heterocycles. The van der Waals surface area contributed by atoms with Crippen LogP contribution in [0.25, 0.3) is 0 Å². The number of hydrogen-bond acceptors (Lipinski definition) is 5. The second-order valence-electron chi connectivity index (χ2n) is 4.88. The van der Waals surface area contributed by atoms with Gasteiger partial charge in [0.15, 0.2) is 0 Å². The zero-order valence-corrected chi connectivity index (χ0v) is 13.7. The molecule has 24 heavy (non-hydrogen) atoms. The van der Waals surface area contributed by atoms with E-state index in [4.69, 9.17) is 16.3 Å². The highest BCUT2D eigenvalue weighted by atomic mass is 35.5. The number of hydrogen-bond donors (Lipinski definition) is 3. The first-order chi connectivity index (χ1) is 11.5. The van der Waals surface area contributed by atoms with Crippen LogP contribution in [0.1, 0.15) is 0 Å². The number of carbonyl (C=O) groups is 1. The number of methoxy groups -OCH3 is 1. The van der Waals surface area contributed by atoms with Crippen molar-refractivity contribution in [3.05, 3.63) is 56.2 Å². The Hall–Kier alpha value is -2.58. The summed E-state index contributed by atoms with van der Waals surface area (Å²) >= 11 is 5.79. The predicted molar refractivity (Wildman–Crippen MR) is 91.8 cm³/mol. The lowest BCUT2D eigenvalue weighted by Gasteiger charge is -2.13. The van der Waals surface area contributed by atoms with E-state index in [0.29, 0.717) is 5.02 Å². The third-order valence-electron chi connectivity index (χ3n) is 3.12. The first-order valence-corrected chi connectivity index (χ1v) is 7.50. The lowest BCUT2D eigenvalue weighted by atomic mass is 10.3. The van der Waals surface area contributed by atoms with Gasteiger partial charge >= 0.3 is 5.69 Å². The van der Waals surface area contributed by atoms with Crippen molar-refractivity contribution in [1.29, 1.82) is 0 Å². The van der Waals surface area contributed by atoms with Gasteiger partial charge in [0.2, 0.25) is 5.91 Å². The van der Waals surface area contributed by atoms with E-state index in [0.717, 1.165) is 11.8 Å². The number of nitrogens with one attached hydrogen (secondary N) is 3. The maximum absolute atomic E-state index is 12.0. The molecule has 1 amide bonds. The number of H-pyrrole nitrogens is 1. The minimum absolute atomic E-state index is 0.0348. The van der Waals surface area contributed by atoms with Crippen molar-refractivity contribution < 1.29 is 9.53 Å². The highest BCUT2D eigenvalue weighted by molar-refractivity contribution is 6.30. The van der Waals surface area contributed by atoms with Crippen LogP contribution in [0.5, 0.6) is 0 Å². The van der Waals surface area contributed by atoms with Gasteiger partial charge in [-0.25, -0.2) is 4.79 Å². The molecule has 0 bridgehead atoms. The van der Waals surface area contributed by atoms with Crippen molar-refractivity contribution >= 4 is 29.0 Å². The Morgan fingerprint density at radius 3 is 2.67 bits per heavy atom. The van der Waals surface area contributed by atoms with Gasteiger partial charge in [0, 0.05) is 23.9 Å². The highest BCUT2D eigenvalue weighted by Crippen LogP contribution is 2.13. The topological polar surface area (TPSA) is 105 Å². The van der Waals surface area contributed by atoms with E-state index >= 15 is 0 Å². The van der Waals surface area contributed by atoms with Crippen LogP contribution in [0.3, 0.4) is 0 Å². The van der Waals surface area contributed by atoms with Crippen molar-refractivity contribution in [2.75, 3.05) is 30.9 Å². The number of amides is 1. The summed E-state index contributed by atoms with van der Waals surface area (Å²) in [7, 11) is 1.49. The number of anilines is 2. The van der Waals surface area contributed by atoms with Crippen LogP contribution in [0, 0.1) is 0 Å². The first-order valence-electron chi connectivity index (χ1n) is 7.12. The highest BCUT2D eigenvalue weighted by Gasteiger charge is 2.09. The molecule has 2 rings (SSSR count). The normalized spacial score (nSPS) is 10.4. The van der Waals surface area contributed by atoms with Crippen LogP contribution < -0.4 is 21.9 Å². The van der Waals surface area contributed by atoms with Crippen LogP contribution in [0.4, 0.5) is 11.5 Å². The average molecular weight is 353 g/mol. The van der Waals surface area contributed by atoms with Crippen molar-refractivity contribution in [2.45, 2.75) is 6.54 Å². The lowest BCUT2D eigenvalue weighted by molar-refractivity contribution is -0.114. The van der Waals surface area contributed by atoms with Gasteiger partial charge in [0.1, 0.15) is 5.82 Å². The molecule has 1 aromatic carbocycles. The van der Waals surface area contributed by atoms with E-state index in [1.165, 1.54) is 11.7 Å². The van der Waals surface area contributed by atoms with Crippen molar-refractivity contribution in [3.8, 4) is 0 Å². The Morgan fingerprint density at radius 1 is 1.29 bits per heavy atom. The summed E-state index contributed by atoms with van der Waals surface area (Å²) in [5, 5.41) is 6.05. The molecular formula is C15H17ClN4O4.